The number of aromatic nitrogens is 2. The normalized spacial score (nSPS) is 17.7. The van der Waals surface area contributed by atoms with E-state index in [1.165, 1.54) is 0 Å². The van der Waals surface area contributed by atoms with E-state index < -0.39 is 11.9 Å². The molecule has 0 radical (unpaired) electrons. The Hall–Kier alpha value is -2.93. The van der Waals surface area contributed by atoms with Gasteiger partial charge in [-0.15, -0.1) is 0 Å². The van der Waals surface area contributed by atoms with Crippen molar-refractivity contribution in [3.05, 3.63) is 72.6 Å². The third-order valence-electron chi connectivity index (χ3n) is 6.30. The number of aliphatic hydroxyl groups excluding tert-OH is 1. The number of pyridine rings is 1. The minimum absolute atomic E-state index is 0.515. The number of aliphatic hydroxyl groups is 2. The predicted octanol–water partition coefficient (Wildman–Crippen LogP) is 3.79. The van der Waals surface area contributed by atoms with Gasteiger partial charge in [0.25, 0.3) is 0 Å². The van der Waals surface area contributed by atoms with Crippen molar-refractivity contribution in [1.82, 2.24) is 14.9 Å². The van der Waals surface area contributed by atoms with Crippen LogP contribution in [0.25, 0.3) is 21.8 Å². The van der Waals surface area contributed by atoms with E-state index in [4.69, 9.17) is 4.74 Å². The van der Waals surface area contributed by atoms with Gasteiger partial charge in [-0.25, -0.2) is 0 Å². The second-order valence-electron chi connectivity index (χ2n) is 8.38. The molecule has 0 bridgehead atoms. The summed E-state index contributed by atoms with van der Waals surface area (Å²) in [5.74, 6) is 0.663. The van der Waals surface area contributed by atoms with Crippen LogP contribution in [0, 0.1) is 0 Å². The van der Waals surface area contributed by atoms with Gasteiger partial charge in [0.1, 0.15) is 5.75 Å². The topological polar surface area (TPSA) is 81.6 Å². The van der Waals surface area contributed by atoms with Crippen LogP contribution >= 0.6 is 0 Å². The number of rotatable bonds is 6. The zero-order chi connectivity index (χ0) is 21.3. The number of para-hydroxylation sites is 1. The third kappa shape index (κ3) is 4.28. The van der Waals surface area contributed by atoms with E-state index in [-0.39, 0.29) is 0 Å². The summed E-state index contributed by atoms with van der Waals surface area (Å²) < 4.78 is 5.69. The molecule has 3 heterocycles. The van der Waals surface area contributed by atoms with E-state index in [9.17, 15) is 10.2 Å². The number of ether oxygens (including phenoxy) is 1. The molecule has 2 aromatic carbocycles. The first-order valence-corrected chi connectivity index (χ1v) is 10.8. The number of likely N-dealkylation sites (tertiary alicyclic amines) is 1. The molecule has 6 heteroatoms. The van der Waals surface area contributed by atoms with Gasteiger partial charge in [0, 0.05) is 60.3 Å². The molecule has 4 aromatic rings. The molecule has 0 amide bonds. The van der Waals surface area contributed by atoms with Gasteiger partial charge in [-0.3, -0.25) is 4.98 Å². The lowest BCUT2D eigenvalue weighted by molar-refractivity contribution is -0.0476. The standard InChI is InChI=1S/C25H27N3O3/c29-24(31-21-5-6-23-19(16-21)7-11-26-23)8-12-28-13-9-25(30,10-14-28)20-15-18-3-1-2-4-22(18)27-17-20/h1-7,11,15-17,24,26,29-30H,8-10,12-14H2. The fraction of sp³-hybridized carbons (Fsp3) is 0.320. The summed E-state index contributed by atoms with van der Waals surface area (Å²) >= 11 is 0. The molecule has 1 aliphatic heterocycles. The molecule has 1 atom stereocenters. The summed E-state index contributed by atoms with van der Waals surface area (Å²) in [6, 6.07) is 17.7. The van der Waals surface area contributed by atoms with E-state index in [0.29, 0.717) is 25.0 Å². The Kier molecular flexibility index (Phi) is 5.36. The Labute approximate surface area is 181 Å². The maximum Gasteiger partial charge on any atom is 0.198 e. The Morgan fingerprint density at radius 2 is 1.90 bits per heavy atom. The highest BCUT2D eigenvalue weighted by Crippen LogP contribution is 2.33. The molecule has 1 aliphatic rings. The molecule has 31 heavy (non-hydrogen) atoms. The fourth-order valence-corrected chi connectivity index (χ4v) is 4.37. The fourth-order valence-electron chi connectivity index (χ4n) is 4.37. The van der Waals surface area contributed by atoms with E-state index in [1.807, 2.05) is 54.7 Å². The van der Waals surface area contributed by atoms with Gasteiger partial charge in [-0.2, -0.15) is 0 Å². The zero-order valence-corrected chi connectivity index (χ0v) is 17.4. The molecule has 6 nitrogen and oxygen atoms in total. The second kappa shape index (κ2) is 8.30. The Morgan fingerprint density at radius 1 is 1.06 bits per heavy atom. The van der Waals surface area contributed by atoms with Crippen molar-refractivity contribution in [2.24, 2.45) is 0 Å². The first-order valence-electron chi connectivity index (χ1n) is 10.8. The summed E-state index contributed by atoms with van der Waals surface area (Å²) in [7, 11) is 0. The van der Waals surface area contributed by atoms with Gasteiger partial charge in [0.15, 0.2) is 6.29 Å². The van der Waals surface area contributed by atoms with Crippen LogP contribution in [0.3, 0.4) is 0 Å². The number of piperidine rings is 1. The summed E-state index contributed by atoms with van der Waals surface area (Å²) in [6.07, 6.45) is 4.64. The molecule has 0 saturated carbocycles. The lowest BCUT2D eigenvalue weighted by atomic mass is 9.85. The molecule has 2 aromatic heterocycles. The molecule has 160 valence electrons. The van der Waals surface area contributed by atoms with Crippen molar-refractivity contribution in [3.63, 3.8) is 0 Å². The molecule has 1 saturated heterocycles. The second-order valence-corrected chi connectivity index (χ2v) is 8.38. The number of H-pyrrole nitrogens is 1. The van der Waals surface area contributed by atoms with Crippen LogP contribution in [0.15, 0.2) is 67.0 Å². The SMILES string of the molecule is OC(CCN1CCC(O)(c2cnc3ccccc3c2)CC1)Oc1ccc2[nH]ccc2c1. The Bertz CT molecular complexity index is 1180. The van der Waals surface area contributed by atoms with Crippen LogP contribution in [-0.2, 0) is 5.60 Å². The number of aromatic amines is 1. The summed E-state index contributed by atoms with van der Waals surface area (Å²) in [6.45, 7) is 2.26. The third-order valence-corrected chi connectivity index (χ3v) is 6.30. The maximum atomic E-state index is 11.2. The number of nitrogens with zero attached hydrogens (tertiary/aromatic N) is 2. The average molecular weight is 418 g/mol. The van der Waals surface area contributed by atoms with Gasteiger partial charge in [-0.1, -0.05) is 18.2 Å². The van der Waals surface area contributed by atoms with Gasteiger partial charge in [0.05, 0.1) is 11.1 Å². The first kappa shape index (κ1) is 20.0. The van der Waals surface area contributed by atoms with E-state index in [1.54, 1.807) is 6.20 Å². The number of hydrogen-bond acceptors (Lipinski definition) is 5. The van der Waals surface area contributed by atoms with Crippen LogP contribution in [-0.4, -0.2) is 51.0 Å². The van der Waals surface area contributed by atoms with Crippen LogP contribution in [0.5, 0.6) is 5.75 Å². The number of nitrogens with one attached hydrogen (secondary N) is 1. The van der Waals surface area contributed by atoms with E-state index >= 15 is 0 Å². The highest BCUT2D eigenvalue weighted by molar-refractivity contribution is 5.80. The van der Waals surface area contributed by atoms with Crippen molar-refractivity contribution < 1.29 is 14.9 Å². The van der Waals surface area contributed by atoms with Crippen LogP contribution in [0.2, 0.25) is 0 Å². The molecular formula is C25H27N3O3. The van der Waals surface area contributed by atoms with Gasteiger partial charge < -0.3 is 24.8 Å². The van der Waals surface area contributed by atoms with E-state index in [2.05, 4.69) is 20.9 Å². The van der Waals surface area contributed by atoms with Crippen molar-refractivity contribution >= 4 is 21.8 Å². The van der Waals surface area contributed by atoms with Crippen molar-refractivity contribution in [2.75, 3.05) is 19.6 Å². The highest BCUT2D eigenvalue weighted by atomic mass is 16.6. The first-order chi connectivity index (χ1) is 15.1. The molecule has 1 unspecified atom stereocenters. The number of hydrogen-bond donors (Lipinski definition) is 3. The highest BCUT2D eigenvalue weighted by Gasteiger charge is 2.34. The molecule has 5 rings (SSSR count). The van der Waals surface area contributed by atoms with Crippen molar-refractivity contribution in [2.45, 2.75) is 31.2 Å². The lowest BCUT2D eigenvalue weighted by Crippen LogP contribution is -2.43. The van der Waals surface area contributed by atoms with Crippen LogP contribution in [0.4, 0.5) is 0 Å². The summed E-state index contributed by atoms with van der Waals surface area (Å²) in [4.78, 5) is 9.93. The summed E-state index contributed by atoms with van der Waals surface area (Å²) in [5.41, 5.74) is 2.02. The lowest BCUT2D eigenvalue weighted by Gasteiger charge is -2.38. The zero-order valence-electron chi connectivity index (χ0n) is 17.4. The molecule has 3 N–H and O–H groups in total. The van der Waals surface area contributed by atoms with Gasteiger partial charge in [-0.05, 0) is 49.2 Å². The van der Waals surface area contributed by atoms with Crippen molar-refractivity contribution in [3.8, 4) is 5.75 Å². The molecular weight excluding hydrogens is 390 g/mol. The molecule has 1 fully saturated rings. The smallest absolute Gasteiger partial charge is 0.198 e. The van der Waals surface area contributed by atoms with Crippen molar-refractivity contribution in [1.29, 1.82) is 0 Å². The largest absolute Gasteiger partial charge is 0.465 e. The van der Waals surface area contributed by atoms with Crippen LogP contribution in [0.1, 0.15) is 24.8 Å². The minimum atomic E-state index is -0.859. The predicted molar refractivity (Wildman–Crippen MR) is 121 cm³/mol. The molecule has 0 spiro atoms. The average Bonchev–Trinajstić information content (AvgIpc) is 3.26. The summed E-state index contributed by atoms with van der Waals surface area (Å²) in [5, 5.41) is 23.6. The number of benzene rings is 2. The van der Waals surface area contributed by atoms with E-state index in [0.717, 1.165) is 47.0 Å². The van der Waals surface area contributed by atoms with Gasteiger partial charge in [0.2, 0.25) is 0 Å². The van der Waals surface area contributed by atoms with Crippen LogP contribution < -0.4 is 4.74 Å². The minimum Gasteiger partial charge on any atom is -0.465 e. The Balaban J connectivity index is 1.14. The number of fused-ring (bicyclic) bond motifs is 2. The maximum absolute atomic E-state index is 11.2. The Morgan fingerprint density at radius 3 is 2.77 bits per heavy atom. The monoisotopic (exact) mass is 417 g/mol. The van der Waals surface area contributed by atoms with Gasteiger partial charge >= 0.3 is 0 Å². The molecule has 0 aliphatic carbocycles. The quantitative estimate of drug-likeness (QED) is 0.416.